The number of phenols is 1. The predicted octanol–water partition coefficient (Wildman–Crippen LogP) is 2.64. The third kappa shape index (κ3) is 3.94. The van der Waals surface area contributed by atoms with E-state index < -0.39 is 21.6 Å². The first-order chi connectivity index (χ1) is 14.3. The van der Waals surface area contributed by atoms with Gasteiger partial charge in [-0.15, -0.1) is 0 Å². The van der Waals surface area contributed by atoms with E-state index in [1.165, 1.54) is 46.8 Å². The SMILES string of the molecule is O=C(OCc1cc(=O)oc2cc(O)ccc12)c1ccc(S(=O)(=O)N2CCCC2)cc1. The number of aromatic hydroxyl groups is 1. The molecule has 0 bridgehead atoms. The quantitative estimate of drug-likeness (QED) is 0.490. The van der Waals surface area contributed by atoms with E-state index in [1.54, 1.807) is 6.07 Å². The molecular weight excluding hydrogens is 410 g/mol. The molecule has 1 N–H and O–H groups in total. The fourth-order valence-corrected chi connectivity index (χ4v) is 4.92. The lowest BCUT2D eigenvalue weighted by molar-refractivity contribution is 0.0473. The van der Waals surface area contributed by atoms with Crippen LogP contribution in [0.25, 0.3) is 11.0 Å². The fourth-order valence-electron chi connectivity index (χ4n) is 3.41. The summed E-state index contributed by atoms with van der Waals surface area (Å²) >= 11 is 0. The summed E-state index contributed by atoms with van der Waals surface area (Å²) in [7, 11) is -3.55. The van der Waals surface area contributed by atoms with Crippen LogP contribution in [-0.4, -0.2) is 36.9 Å². The van der Waals surface area contributed by atoms with Crippen LogP contribution in [0.15, 0.2) is 62.6 Å². The molecule has 1 fully saturated rings. The molecule has 3 aromatic rings. The molecule has 30 heavy (non-hydrogen) atoms. The van der Waals surface area contributed by atoms with Crippen LogP contribution in [0.4, 0.5) is 0 Å². The van der Waals surface area contributed by atoms with E-state index in [2.05, 4.69) is 0 Å². The van der Waals surface area contributed by atoms with Crippen molar-refractivity contribution < 1.29 is 27.5 Å². The monoisotopic (exact) mass is 429 g/mol. The normalized spacial score (nSPS) is 14.8. The molecule has 0 aliphatic carbocycles. The molecule has 1 aliphatic rings. The zero-order chi connectivity index (χ0) is 21.3. The van der Waals surface area contributed by atoms with Crippen molar-refractivity contribution in [3.05, 3.63) is 70.1 Å². The fraction of sp³-hybridized carbons (Fsp3) is 0.238. The Morgan fingerprint density at radius 3 is 2.47 bits per heavy atom. The lowest BCUT2D eigenvalue weighted by atomic mass is 10.1. The van der Waals surface area contributed by atoms with Crippen LogP contribution in [0.2, 0.25) is 0 Å². The number of esters is 1. The highest BCUT2D eigenvalue weighted by Crippen LogP contribution is 2.23. The summed E-state index contributed by atoms with van der Waals surface area (Å²) in [4.78, 5) is 24.2. The summed E-state index contributed by atoms with van der Waals surface area (Å²) in [6.45, 7) is 0.825. The molecule has 1 aromatic heterocycles. The Balaban J connectivity index is 1.50. The van der Waals surface area contributed by atoms with Crippen LogP contribution in [0.1, 0.15) is 28.8 Å². The number of hydrogen-bond donors (Lipinski definition) is 1. The molecule has 2 heterocycles. The number of nitrogens with zero attached hydrogens (tertiary/aromatic N) is 1. The second kappa shape index (κ2) is 7.92. The number of ether oxygens (including phenoxy) is 1. The Labute approximate surface area is 172 Å². The van der Waals surface area contributed by atoms with Gasteiger partial charge in [-0.3, -0.25) is 0 Å². The minimum absolute atomic E-state index is 0.0521. The van der Waals surface area contributed by atoms with E-state index in [9.17, 15) is 23.1 Å². The zero-order valence-corrected chi connectivity index (χ0v) is 16.7. The molecule has 8 nitrogen and oxygen atoms in total. The minimum atomic E-state index is -3.55. The van der Waals surface area contributed by atoms with Gasteiger partial charge in [0.05, 0.1) is 10.5 Å². The van der Waals surface area contributed by atoms with Crippen molar-refractivity contribution in [2.24, 2.45) is 0 Å². The van der Waals surface area contributed by atoms with E-state index in [4.69, 9.17) is 9.15 Å². The maximum atomic E-state index is 12.6. The van der Waals surface area contributed by atoms with Gasteiger partial charge in [0.2, 0.25) is 10.0 Å². The van der Waals surface area contributed by atoms with Gasteiger partial charge in [0, 0.05) is 36.2 Å². The van der Waals surface area contributed by atoms with Crippen LogP contribution in [-0.2, 0) is 21.4 Å². The highest BCUT2D eigenvalue weighted by atomic mass is 32.2. The number of benzene rings is 2. The van der Waals surface area contributed by atoms with Gasteiger partial charge < -0.3 is 14.3 Å². The summed E-state index contributed by atoms with van der Waals surface area (Å²) in [5.74, 6) is -0.705. The predicted molar refractivity (Wildman–Crippen MR) is 108 cm³/mol. The number of carbonyl (C=O) groups is 1. The Kier molecular flexibility index (Phi) is 5.31. The Hall–Kier alpha value is -3.17. The van der Waals surface area contributed by atoms with E-state index >= 15 is 0 Å². The number of sulfonamides is 1. The molecular formula is C21H19NO7S. The van der Waals surface area contributed by atoms with Crippen LogP contribution in [0.3, 0.4) is 0 Å². The van der Waals surface area contributed by atoms with E-state index in [-0.39, 0.29) is 28.4 Å². The van der Waals surface area contributed by atoms with Gasteiger partial charge in [0.1, 0.15) is 17.9 Å². The molecule has 0 radical (unpaired) electrons. The molecule has 0 amide bonds. The number of rotatable bonds is 5. The van der Waals surface area contributed by atoms with Crippen LogP contribution < -0.4 is 5.63 Å². The van der Waals surface area contributed by atoms with Crippen LogP contribution >= 0.6 is 0 Å². The molecule has 1 saturated heterocycles. The standard InChI is InChI=1S/C21H19NO7S/c23-16-5-8-18-15(11-20(24)29-19(18)12-16)13-28-21(25)14-3-6-17(7-4-14)30(26,27)22-9-1-2-10-22/h3-8,11-12,23H,1-2,9-10,13H2. The highest BCUT2D eigenvalue weighted by Gasteiger charge is 2.27. The third-order valence-electron chi connectivity index (χ3n) is 4.97. The molecule has 2 aromatic carbocycles. The lowest BCUT2D eigenvalue weighted by Gasteiger charge is -2.15. The molecule has 0 atom stereocenters. The lowest BCUT2D eigenvalue weighted by Crippen LogP contribution is -2.27. The van der Waals surface area contributed by atoms with Crippen LogP contribution in [0, 0.1) is 0 Å². The van der Waals surface area contributed by atoms with Gasteiger partial charge in [-0.25, -0.2) is 18.0 Å². The maximum absolute atomic E-state index is 12.6. The highest BCUT2D eigenvalue weighted by molar-refractivity contribution is 7.89. The van der Waals surface area contributed by atoms with Gasteiger partial charge >= 0.3 is 11.6 Å². The number of phenolic OH excluding ortho intramolecular Hbond substituents is 1. The molecule has 9 heteroatoms. The minimum Gasteiger partial charge on any atom is -0.508 e. The first-order valence-electron chi connectivity index (χ1n) is 9.38. The average molecular weight is 429 g/mol. The smallest absolute Gasteiger partial charge is 0.338 e. The summed E-state index contributed by atoms with van der Waals surface area (Å²) < 4.78 is 36.9. The van der Waals surface area contributed by atoms with E-state index in [0.717, 1.165) is 12.8 Å². The van der Waals surface area contributed by atoms with Crippen molar-refractivity contribution in [3.8, 4) is 5.75 Å². The topological polar surface area (TPSA) is 114 Å². The van der Waals surface area contributed by atoms with Gasteiger partial charge in [-0.05, 0) is 49.2 Å². The summed E-state index contributed by atoms with van der Waals surface area (Å²) in [5, 5.41) is 10.1. The Morgan fingerprint density at radius 2 is 1.77 bits per heavy atom. The van der Waals surface area contributed by atoms with Crippen molar-refractivity contribution in [1.29, 1.82) is 0 Å². The second-order valence-electron chi connectivity index (χ2n) is 6.98. The van der Waals surface area contributed by atoms with Gasteiger partial charge in [-0.2, -0.15) is 4.31 Å². The molecule has 156 valence electrons. The third-order valence-corrected chi connectivity index (χ3v) is 6.88. The summed E-state index contributed by atoms with van der Waals surface area (Å²) in [5.41, 5.74) is 0.184. The van der Waals surface area contributed by atoms with E-state index in [0.29, 0.717) is 24.0 Å². The Bertz CT molecular complexity index is 1260. The number of hydrogen-bond acceptors (Lipinski definition) is 7. The van der Waals surface area contributed by atoms with E-state index in [1.807, 2.05) is 0 Å². The van der Waals surface area contributed by atoms with Gasteiger partial charge in [-0.1, -0.05) is 0 Å². The van der Waals surface area contributed by atoms with Crippen molar-refractivity contribution in [2.45, 2.75) is 24.3 Å². The van der Waals surface area contributed by atoms with Crippen molar-refractivity contribution in [3.63, 3.8) is 0 Å². The average Bonchev–Trinajstić information content (AvgIpc) is 3.27. The molecule has 4 rings (SSSR count). The van der Waals surface area contributed by atoms with Crippen LogP contribution in [0.5, 0.6) is 5.75 Å². The number of carbonyl (C=O) groups excluding carboxylic acids is 1. The molecule has 0 saturated carbocycles. The van der Waals surface area contributed by atoms with Crippen molar-refractivity contribution in [2.75, 3.05) is 13.1 Å². The first kappa shape index (κ1) is 20.1. The molecule has 0 unspecified atom stereocenters. The first-order valence-corrected chi connectivity index (χ1v) is 10.8. The Morgan fingerprint density at radius 1 is 1.07 bits per heavy atom. The molecule has 1 aliphatic heterocycles. The summed E-state index contributed by atoms with van der Waals surface area (Å²) in [6, 6.07) is 11.1. The summed E-state index contributed by atoms with van der Waals surface area (Å²) in [6.07, 6.45) is 1.69. The largest absolute Gasteiger partial charge is 0.508 e. The zero-order valence-electron chi connectivity index (χ0n) is 15.9. The van der Waals surface area contributed by atoms with Crippen molar-refractivity contribution in [1.82, 2.24) is 4.31 Å². The molecule has 0 spiro atoms. The van der Waals surface area contributed by atoms with Gasteiger partial charge in [0.15, 0.2) is 0 Å². The van der Waals surface area contributed by atoms with Crippen molar-refractivity contribution >= 4 is 27.0 Å². The maximum Gasteiger partial charge on any atom is 0.338 e. The number of fused-ring (bicyclic) bond motifs is 1. The second-order valence-corrected chi connectivity index (χ2v) is 8.92. The van der Waals surface area contributed by atoms with Gasteiger partial charge in [0.25, 0.3) is 0 Å².